The van der Waals surface area contributed by atoms with Crippen molar-refractivity contribution in [2.75, 3.05) is 19.4 Å². The monoisotopic (exact) mass is 293 g/mol. The van der Waals surface area contributed by atoms with Crippen molar-refractivity contribution in [2.45, 2.75) is 58.3 Å². The van der Waals surface area contributed by atoms with Crippen LogP contribution in [0.1, 0.15) is 58.3 Å². The van der Waals surface area contributed by atoms with E-state index in [4.69, 9.17) is 0 Å². The van der Waals surface area contributed by atoms with E-state index >= 15 is 0 Å². The molecule has 0 rings (SSSR count). The third-order valence-corrected chi connectivity index (χ3v) is 4.34. The van der Waals surface area contributed by atoms with E-state index in [2.05, 4.69) is 16.4 Å². The average molecular weight is 293 g/mol. The van der Waals surface area contributed by atoms with Crippen LogP contribution in [-0.4, -0.2) is 33.8 Å². The summed E-state index contributed by atoms with van der Waals surface area (Å²) in [6.45, 7) is 2.66. The zero-order valence-corrected chi connectivity index (χ0v) is 12.9. The first-order valence-electron chi connectivity index (χ1n) is 7.06. The van der Waals surface area contributed by atoms with Crippen LogP contribution < -0.4 is 4.72 Å². The highest BCUT2D eigenvalue weighted by molar-refractivity contribution is 7.89. The molecular weight excluding hydrogens is 266 g/mol. The Balaban J connectivity index is 3.54. The van der Waals surface area contributed by atoms with E-state index in [9.17, 15) is 13.2 Å². The third-order valence-electron chi connectivity index (χ3n) is 2.87. The Morgan fingerprint density at radius 2 is 1.68 bits per heavy atom. The molecule has 0 bridgehead atoms. The molecule has 0 aliphatic carbocycles. The van der Waals surface area contributed by atoms with Gasteiger partial charge >= 0.3 is 5.97 Å². The third kappa shape index (κ3) is 12.2. The summed E-state index contributed by atoms with van der Waals surface area (Å²) in [5.41, 5.74) is 0. The van der Waals surface area contributed by atoms with E-state index in [-0.39, 0.29) is 18.1 Å². The Kier molecular flexibility index (Phi) is 10.9. The molecule has 0 fully saturated rings. The zero-order chi connectivity index (χ0) is 14.6. The van der Waals surface area contributed by atoms with Crippen molar-refractivity contribution in [3.05, 3.63) is 0 Å². The van der Waals surface area contributed by atoms with Crippen LogP contribution in [0.3, 0.4) is 0 Å². The molecule has 19 heavy (non-hydrogen) atoms. The lowest BCUT2D eigenvalue weighted by atomic mass is 10.1. The molecule has 0 unspecified atom stereocenters. The van der Waals surface area contributed by atoms with Gasteiger partial charge in [0.25, 0.3) is 0 Å². The first kappa shape index (κ1) is 18.4. The molecular formula is C13H27NO4S. The van der Waals surface area contributed by atoms with Gasteiger partial charge in [0.05, 0.1) is 12.9 Å². The van der Waals surface area contributed by atoms with Gasteiger partial charge in [-0.15, -0.1) is 0 Å². The first-order valence-corrected chi connectivity index (χ1v) is 8.71. The van der Waals surface area contributed by atoms with Crippen molar-refractivity contribution < 1.29 is 17.9 Å². The maximum atomic E-state index is 11.6. The molecule has 0 amide bonds. The van der Waals surface area contributed by atoms with Crippen LogP contribution in [-0.2, 0) is 19.6 Å². The summed E-state index contributed by atoms with van der Waals surface area (Å²) >= 11 is 0. The van der Waals surface area contributed by atoms with Crippen molar-refractivity contribution in [2.24, 2.45) is 0 Å². The fraction of sp³-hybridized carbons (Fsp3) is 0.923. The summed E-state index contributed by atoms with van der Waals surface area (Å²) in [5, 5.41) is 0. The Labute approximate surface area is 117 Å². The molecule has 114 valence electrons. The average Bonchev–Trinajstić information content (AvgIpc) is 2.37. The van der Waals surface area contributed by atoms with Gasteiger partial charge in [-0.2, -0.15) is 0 Å². The Bertz CT molecular complexity index is 328. The SMILES string of the molecule is CCCCCCCCNS(=O)(=O)CCCC(=O)OC. The summed E-state index contributed by atoms with van der Waals surface area (Å²) < 4.78 is 30.2. The number of hydrogen-bond donors (Lipinski definition) is 1. The van der Waals surface area contributed by atoms with Crippen LogP contribution in [0.25, 0.3) is 0 Å². The Morgan fingerprint density at radius 3 is 2.32 bits per heavy atom. The predicted molar refractivity (Wildman–Crippen MR) is 76.4 cm³/mol. The number of ether oxygens (including phenoxy) is 1. The molecule has 0 saturated heterocycles. The number of carbonyl (C=O) groups is 1. The number of esters is 1. The summed E-state index contributed by atoms with van der Waals surface area (Å²) in [6, 6.07) is 0. The van der Waals surface area contributed by atoms with Gasteiger partial charge in [-0.05, 0) is 12.8 Å². The highest BCUT2D eigenvalue weighted by atomic mass is 32.2. The largest absolute Gasteiger partial charge is 0.469 e. The number of sulfonamides is 1. The molecule has 0 heterocycles. The van der Waals surface area contributed by atoms with E-state index in [1.807, 2.05) is 0 Å². The van der Waals surface area contributed by atoms with Gasteiger partial charge < -0.3 is 4.74 Å². The highest BCUT2D eigenvalue weighted by Crippen LogP contribution is 2.04. The van der Waals surface area contributed by atoms with Crippen LogP contribution >= 0.6 is 0 Å². The lowest BCUT2D eigenvalue weighted by Gasteiger charge is -2.06. The van der Waals surface area contributed by atoms with E-state index in [0.717, 1.165) is 19.3 Å². The molecule has 1 N–H and O–H groups in total. The lowest BCUT2D eigenvalue weighted by molar-refractivity contribution is -0.140. The minimum absolute atomic E-state index is 0.0159. The maximum absolute atomic E-state index is 11.6. The summed E-state index contributed by atoms with van der Waals surface area (Å²) in [5.74, 6) is -0.385. The number of unbranched alkanes of at least 4 members (excludes halogenated alkanes) is 5. The molecule has 0 aromatic rings. The van der Waals surface area contributed by atoms with Crippen LogP contribution in [0.5, 0.6) is 0 Å². The van der Waals surface area contributed by atoms with Gasteiger partial charge in [-0.1, -0.05) is 39.0 Å². The van der Waals surface area contributed by atoms with Crippen molar-refractivity contribution in [3.63, 3.8) is 0 Å². The van der Waals surface area contributed by atoms with Crippen LogP contribution in [0.2, 0.25) is 0 Å². The van der Waals surface area contributed by atoms with E-state index in [1.165, 1.54) is 26.4 Å². The van der Waals surface area contributed by atoms with Crippen LogP contribution in [0.15, 0.2) is 0 Å². The molecule has 0 saturated carbocycles. The van der Waals surface area contributed by atoms with Crippen molar-refractivity contribution in [3.8, 4) is 0 Å². The standard InChI is InChI=1S/C13H27NO4S/c1-3-4-5-6-7-8-11-14-19(16,17)12-9-10-13(15)18-2/h14H,3-12H2,1-2H3. The van der Waals surface area contributed by atoms with Crippen molar-refractivity contribution in [1.82, 2.24) is 4.72 Å². The Morgan fingerprint density at radius 1 is 1.05 bits per heavy atom. The van der Waals surface area contributed by atoms with E-state index in [0.29, 0.717) is 13.0 Å². The van der Waals surface area contributed by atoms with Gasteiger partial charge in [0.15, 0.2) is 0 Å². The van der Waals surface area contributed by atoms with Gasteiger partial charge in [0, 0.05) is 13.0 Å². The van der Waals surface area contributed by atoms with Crippen molar-refractivity contribution in [1.29, 1.82) is 0 Å². The number of methoxy groups -OCH3 is 1. The van der Waals surface area contributed by atoms with Gasteiger partial charge in [0.2, 0.25) is 10.0 Å². The minimum Gasteiger partial charge on any atom is -0.469 e. The van der Waals surface area contributed by atoms with Crippen LogP contribution in [0, 0.1) is 0 Å². The van der Waals surface area contributed by atoms with Crippen molar-refractivity contribution >= 4 is 16.0 Å². The molecule has 0 radical (unpaired) electrons. The smallest absolute Gasteiger partial charge is 0.305 e. The summed E-state index contributed by atoms with van der Waals surface area (Å²) in [6.07, 6.45) is 7.24. The predicted octanol–water partition coefficient (Wildman–Crippen LogP) is 2.22. The first-order chi connectivity index (χ1) is 9.02. The molecule has 0 aliphatic heterocycles. The molecule has 6 heteroatoms. The number of hydrogen-bond acceptors (Lipinski definition) is 4. The zero-order valence-electron chi connectivity index (χ0n) is 12.1. The maximum Gasteiger partial charge on any atom is 0.305 e. The second-order valence-electron chi connectivity index (χ2n) is 4.66. The Hall–Kier alpha value is -0.620. The molecule has 0 aromatic heterocycles. The van der Waals surface area contributed by atoms with Gasteiger partial charge in [-0.25, -0.2) is 13.1 Å². The second kappa shape index (κ2) is 11.2. The van der Waals surface area contributed by atoms with E-state index in [1.54, 1.807) is 0 Å². The van der Waals surface area contributed by atoms with Gasteiger partial charge in [-0.3, -0.25) is 4.79 Å². The van der Waals surface area contributed by atoms with Gasteiger partial charge in [0.1, 0.15) is 0 Å². The number of carbonyl (C=O) groups excluding carboxylic acids is 1. The quantitative estimate of drug-likeness (QED) is 0.442. The molecule has 0 aromatic carbocycles. The lowest BCUT2D eigenvalue weighted by Crippen LogP contribution is -2.27. The highest BCUT2D eigenvalue weighted by Gasteiger charge is 2.10. The topological polar surface area (TPSA) is 72.5 Å². The molecule has 0 spiro atoms. The number of rotatable bonds is 12. The minimum atomic E-state index is -3.24. The normalized spacial score (nSPS) is 11.5. The molecule has 0 aliphatic rings. The summed E-state index contributed by atoms with van der Waals surface area (Å²) in [7, 11) is -1.94. The summed E-state index contributed by atoms with van der Waals surface area (Å²) in [4.78, 5) is 10.8. The number of nitrogens with one attached hydrogen (secondary N) is 1. The second-order valence-corrected chi connectivity index (χ2v) is 6.59. The fourth-order valence-corrected chi connectivity index (χ4v) is 2.84. The fourth-order valence-electron chi connectivity index (χ4n) is 1.71. The molecule has 5 nitrogen and oxygen atoms in total. The van der Waals surface area contributed by atoms with Crippen LogP contribution in [0.4, 0.5) is 0 Å². The van der Waals surface area contributed by atoms with E-state index < -0.39 is 10.0 Å². The molecule has 0 atom stereocenters.